The van der Waals surface area contributed by atoms with Gasteiger partial charge in [-0.05, 0) is 37.2 Å². The van der Waals surface area contributed by atoms with Crippen LogP contribution in [0.1, 0.15) is 23.1 Å². The van der Waals surface area contributed by atoms with Crippen molar-refractivity contribution in [1.82, 2.24) is 0 Å². The molecule has 116 valence electrons. The summed E-state index contributed by atoms with van der Waals surface area (Å²) in [6.07, 6.45) is 2.01. The summed E-state index contributed by atoms with van der Waals surface area (Å²) in [5, 5.41) is 0. The zero-order valence-corrected chi connectivity index (χ0v) is 14.7. The minimum atomic E-state index is -0.147. The van der Waals surface area contributed by atoms with Gasteiger partial charge in [0.2, 0.25) is 0 Å². The van der Waals surface area contributed by atoms with Gasteiger partial charge < -0.3 is 0 Å². The van der Waals surface area contributed by atoms with Crippen LogP contribution in [0.25, 0.3) is 0 Å². The Kier molecular flexibility index (Phi) is 5.49. The summed E-state index contributed by atoms with van der Waals surface area (Å²) in [4.78, 5) is 0. The predicted molar refractivity (Wildman–Crippen MR) is 103 cm³/mol. The highest BCUT2D eigenvalue weighted by Crippen LogP contribution is 2.43. The maximum absolute atomic E-state index is 6.10. The largest absolute Gasteiger partial charge is 0.100 e. The normalized spacial score (nSPS) is 11.9. The Morgan fingerprint density at radius 1 is 0.609 bits per heavy atom. The van der Waals surface area contributed by atoms with Gasteiger partial charge in [-0.3, -0.25) is 0 Å². The van der Waals surface area contributed by atoms with Crippen molar-refractivity contribution < 1.29 is 0 Å². The molecule has 0 aliphatic heterocycles. The second-order valence-corrected chi connectivity index (χ2v) is 7.21. The lowest BCUT2D eigenvalue weighted by molar-refractivity contribution is 0.599. The van der Waals surface area contributed by atoms with Gasteiger partial charge in [-0.2, -0.15) is 0 Å². The number of benzene rings is 3. The van der Waals surface area contributed by atoms with Crippen molar-refractivity contribution in [2.45, 2.75) is 11.8 Å². The first-order valence-electron chi connectivity index (χ1n) is 7.88. The maximum Gasteiger partial charge on any atom is 0.0455 e. The van der Waals surface area contributed by atoms with Gasteiger partial charge in [0.25, 0.3) is 0 Å². The molecule has 1 unspecified atom stereocenters. The third-order valence-electron chi connectivity index (χ3n) is 4.39. The predicted octanol–water partition coefficient (Wildman–Crippen LogP) is 6.24. The van der Waals surface area contributed by atoms with Gasteiger partial charge >= 0.3 is 0 Å². The van der Waals surface area contributed by atoms with Gasteiger partial charge in [0.1, 0.15) is 0 Å². The molecule has 3 aromatic carbocycles. The van der Waals surface area contributed by atoms with E-state index in [1.54, 1.807) is 0 Å². The lowest BCUT2D eigenvalue weighted by Gasteiger charge is -2.36. The third-order valence-corrected chi connectivity index (χ3v) is 5.40. The molecule has 0 spiro atoms. The van der Waals surface area contributed by atoms with E-state index < -0.39 is 0 Å². The summed E-state index contributed by atoms with van der Waals surface area (Å²) in [5.74, 6) is 0. The summed E-state index contributed by atoms with van der Waals surface area (Å²) in [5.41, 5.74) is 3.83. The van der Waals surface area contributed by atoms with Crippen molar-refractivity contribution in [3.05, 3.63) is 108 Å². The van der Waals surface area contributed by atoms with Gasteiger partial charge in [0, 0.05) is 5.41 Å². The second kappa shape index (κ2) is 7.77. The fourth-order valence-corrected chi connectivity index (χ4v) is 4.09. The van der Waals surface area contributed by atoms with E-state index in [4.69, 9.17) is 11.2 Å². The Hall–Kier alpha value is -1.62. The van der Waals surface area contributed by atoms with Crippen LogP contribution in [0.4, 0.5) is 0 Å². The lowest BCUT2D eigenvalue weighted by Crippen LogP contribution is -2.30. The van der Waals surface area contributed by atoms with Crippen LogP contribution < -0.4 is 0 Å². The molecule has 0 aromatic heterocycles. The Morgan fingerprint density at radius 3 is 1.26 bits per heavy atom. The lowest BCUT2D eigenvalue weighted by atomic mass is 9.68. The average Bonchev–Trinajstić information content (AvgIpc) is 2.65. The first kappa shape index (κ1) is 16.2. The van der Waals surface area contributed by atoms with E-state index in [0.717, 1.165) is 12.6 Å². The van der Waals surface area contributed by atoms with E-state index in [0.29, 0.717) is 7.93 Å². The molecule has 0 aliphatic carbocycles. The molecule has 0 fully saturated rings. The quantitative estimate of drug-likeness (QED) is 0.368. The van der Waals surface area contributed by atoms with E-state index in [2.05, 4.69) is 91.0 Å². The van der Waals surface area contributed by atoms with E-state index in [9.17, 15) is 0 Å². The third kappa shape index (κ3) is 3.34. The van der Waals surface area contributed by atoms with Gasteiger partial charge in [0.15, 0.2) is 0 Å². The highest BCUT2D eigenvalue weighted by Gasteiger charge is 2.35. The van der Waals surface area contributed by atoms with Gasteiger partial charge in [-0.1, -0.05) is 91.0 Å². The number of hydrogen-bond acceptors (Lipinski definition) is 0. The molecule has 1 atom stereocenters. The van der Waals surface area contributed by atoms with Crippen LogP contribution in [0.3, 0.4) is 0 Å². The van der Waals surface area contributed by atoms with Crippen LogP contribution in [0.2, 0.25) is 0 Å². The van der Waals surface area contributed by atoms with Crippen molar-refractivity contribution in [2.75, 3.05) is 6.16 Å². The highest BCUT2D eigenvalue weighted by molar-refractivity contribution is 7.68. The van der Waals surface area contributed by atoms with Gasteiger partial charge in [-0.25, -0.2) is 0 Å². The molecule has 3 aromatic rings. The molecule has 23 heavy (non-hydrogen) atoms. The molecular formula is C21H20ClP. The highest BCUT2D eigenvalue weighted by atomic mass is 35.7. The van der Waals surface area contributed by atoms with Gasteiger partial charge in [0.05, 0.1) is 0 Å². The van der Waals surface area contributed by atoms with Gasteiger partial charge in [-0.15, -0.1) is 11.2 Å². The minimum absolute atomic E-state index is 0.147. The Morgan fingerprint density at radius 2 is 0.957 bits per heavy atom. The number of halogens is 1. The van der Waals surface area contributed by atoms with E-state index in [1.165, 1.54) is 16.7 Å². The summed E-state index contributed by atoms with van der Waals surface area (Å²) >= 11 is 6.10. The van der Waals surface area contributed by atoms with Crippen LogP contribution in [-0.4, -0.2) is 6.16 Å². The molecule has 2 heteroatoms. The average molecular weight is 339 g/mol. The molecule has 3 rings (SSSR count). The fourth-order valence-electron chi connectivity index (χ4n) is 3.34. The van der Waals surface area contributed by atoms with Crippen molar-refractivity contribution in [3.8, 4) is 0 Å². The minimum Gasteiger partial charge on any atom is -0.100 e. The SMILES string of the molecule is ClPCCC(c1ccccc1)(c1ccccc1)c1ccccc1. The van der Waals surface area contributed by atoms with Crippen molar-refractivity contribution in [3.63, 3.8) is 0 Å². The van der Waals surface area contributed by atoms with Crippen LogP contribution in [0.15, 0.2) is 91.0 Å². The first-order chi connectivity index (χ1) is 11.4. The summed E-state index contributed by atoms with van der Waals surface area (Å²) in [6, 6.07) is 32.4. The van der Waals surface area contributed by atoms with E-state index >= 15 is 0 Å². The smallest absolute Gasteiger partial charge is 0.0455 e. The topological polar surface area (TPSA) is 0 Å². The molecule has 0 radical (unpaired) electrons. The Balaban J connectivity index is 2.25. The zero-order valence-electron chi connectivity index (χ0n) is 13.0. The molecule has 0 nitrogen and oxygen atoms in total. The van der Waals surface area contributed by atoms with Crippen molar-refractivity contribution in [1.29, 1.82) is 0 Å². The molecule has 0 heterocycles. The molecule has 0 saturated heterocycles. The summed E-state index contributed by atoms with van der Waals surface area (Å²) in [7, 11) is 0.438. The van der Waals surface area contributed by atoms with Crippen LogP contribution in [0, 0.1) is 0 Å². The van der Waals surface area contributed by atoms with Crippen LogP contribution in [-0.2, 0) is 5.41 Å². The molecule has 0 N–H and O–H groups in total. The number of hydrogen-bond donors (Lipinski definition) is 0. The summed E-state index contributed by atoms with van der Waals surface area (Å²) < 4.78 is 0. The fraction of sp³-hybridized carbons (Fsp3) is 0.143. The molecule has 0 bridgehead atoms. The Bertz CT molecular complexity index is 614. The van der Waals surface area contributed by atoms with Crippen molar-refractivity contribution in [2.24, 2.45) is 0 Å². The van der Waals surface area contributed by atoms with E-state index in [-0.39, 0.29) is 5.41 Å². The second-order valence-electron chi connectivity index (χ2n) is 5.64. The molecule has 0 aliphatic rings. The zero-order chi connectivity index (χ0) is 16.0. The first-order valence-corrected chi connectivity index (χ1v) is 10.1. The number of rotatable bonds is 6. The maximum atomic E-state index is 6.10. The monoisotopic (exact) mass is 338 g/mol. The Labute approximate surface area is 145 Å². The van der Waals surface area contributed by atoms with Crippen LogP contribution in [0.5, 0.6) is 0 Å². The van der Waals surface area contributed by atoms with E-state index in [1.807, 2.05) is 0 Å². The van der Waals surface area contributed by atoms with Crippen molar-refractivity contribution >= 4 is 19.2 Å². The summed E-state index contributed by atoms with van der Waals surface area (Å²) in [6.45, 7) is 0. The molecule has 0 amide bonds. The molecular weight excluding hydrogens is 319 g/mol. The molecule has 0 saturated carbocycles. The standard InChI is InChI=1S/C21H20ClP/c22-23-17-16-21(18-10-4-1-5-11-18,19-12-6-2-7-13-19)20-14-8-3-9-15-20/h1-15,23H,16-17H2. The van der Waals surface area contributed by atoms with Crippen LogP contribution >= 0.6 is 19.2 Å².